The van der Waals surface area contributed by atoms with Crippen molar-refractivity contribution in [2.24, 2.45) is 0 Å². The van der Waals surface area contributed by atoms with E-state index < -0.39 is 6.10 Å². The lowest BCUT2D eigenvalue weighted by Crippen LogP contribution is -2.02. The maximum atomic E-state index is 9.97. The van der Waals surface area contributed by atoms with E-state index in [4.69, 9.17) is 0 Å². The Morgan fingerprint density at radius 1 is 1.31 bits per heavy atom. The topological polar surface area (TPSA) is 61.8 Å². The zero-order valence-corrected chi connectivity index (χ0v) is 9.22. The third-order valence-electron chi connectivity index (χ3n) is 2.53. The molecule has 2 aromatic rings. The second kappa shape index (κ2) is 4.90. The van der Waals surface area contributed by atoms with Crippen molar-refractivity contribution in [1.82, 2.24) is 15.2 Å². The molecule has 0 aliphatic heterocycles. The van der Waals surface area contributed by atoms with Gasteiger partial charge < -0.3 is 5.11 Å². The molecule has 1 heterocycles. The smallest absolute Gasteiger partial charge is 0.157 e. The van der Waals surface area contributed by atoms with Gasteiger partial charge in [-0.05, 0) is 17.5 Å². The summed E-state index contributed by atoms with van der Waals surface area (Å²) in [6, 6.07) is 7.94. The standard InChI is InChI=1S/C12H15N3O/c1-2-3-9-4-6-10(7-5-9)11(16)12-13-8-14-15-12/h4-8,11,16H,2-3H2,1H3,(H,13,14,15). The highest BCUT2D eigenvalue weighted by Gasteiger charge is 2.12. The second-order valence-electron chi connectivity index (χ2n) is 3.76. The Bertz CT molecular complexity index is 422. The van der Waals surface area contributed by atoms with Crippen LogP contribution in [-0.2, 0) is 6.42 Å². The largest absolute Gasteiger partial charge is 0.380 e. The van der Waals surface area contributed by atoms with E-state index >= 15 is 0 Å². The van der Waals surface area contributed by atoms with Gasteiger partial charge in [0.25, 0.3) is 0 Å². The van der Waals surface area contributed by atoms with Crippen LogP contribution in [0.2, 0.25) is 0 Å². The maximum absolute atomic E-state index is 9.97. The summed E-state index contributed by atoms with van der Waals surface area (Å²) in [6.45, 7) is 2.15. The lowest BCUT2D eigenvalue weighted by molar-refractivity contribution is 0.210. The predicted molar refractivity (Wildman–Crippen MR) is 60.9 cm³/mol. The van der Waals surface area contributed by atoms with Crippen molar-refractivity contribution in [2.45, 2.75) is 25.9 Å². The van der Waals surface area contributed by atoms with Crippen LogP contribution in [0.1, 0.15) is 36.4 Å². The number of nitrogens with one attached hydrogen (secondary N) is 1. The molecule has 1 unspecified atom stereocenters. The molecule has 2 N–H and O–H groups in total. The van der Waals surface area contributed by atoms with Crippen LogP contribution in [-0.4, -0.2) is 20.3 Å². The van der Waals surface area contributed by atoms with Crippen LogP contribution in [0.15, 0.2) is 30.6 Å². The van der Waals surface area contributed by atoms with E-state index in [1.807, 2.05) is 24.3 Å². The lowest BCUT2D eigenvalue weighted by Gasteiger charge is -2.08. The third-order valence-corrected chi connectivity index (χ3v) is 2.53. The van der Waals surface area contributed by atoms with Crippen LogP contribution >= 0.6 is 0 Å². The zero-order valence-electron chi connectivity index (χ0n) is 9.22. The fraction of sp³-hybridized carbons (Fsp3) is 0.333. The molecule has 84 valence electrons. The van der Waals surface area contributed by atoms with Crippen LogP contribution < -0.4 is 0 Å². The van der Waals surface area contributed by atoms with Gasteiger partial charge in [0.15, 0.2) is 5.82 Å². The molecule has 0 aliphatic carbocycles. The Morgan fingerprint density at radius 3 is 2.62 bits per heavy atom. The van der Waals surface area contributed by atoms with Crippen LogP contribution in [0.4, 0.5) is 0 Å². The average Bonchev–Trinajstić information content (AvgIpc) is 2.83. The van der Waals surface area contributed by atoms with E-state index in [1.165, 1.54) is 11.9 Å². The molecule has 0 bridgehead atoms. The Morgan fingerprint density at radius 2 is 2.06 bits per heavy atom. The van der Waals surface area contributed by atoms with Crippen LogP contribution in [0, 0.1) is 0 Å². The van der Waals surface area contributed by atoms with E-state index in [0.717, 1.165) is 18.4 Å². The molecule has 2 rings (SSSR count). The van der Waals surface area contributed by atoms with Crippen molar-refractivity contribution in [3.05, 3.63) is 47.5 Å². The molecule has 4 heteroatoms. The number of aromatic nitrogens is 3. The molecule has 1 aromatic carbocycles. The zero-order chi connectivity index (χ0) is 11.4. The quantitative estimate of drug-likeness (QED) is 0.821. The minimum Gasteiger partial charge on any atom is -0.380 e. The average molecular weight is 217 g/mol. The number of rotatable bonds is 4. The Hall–Kier alpha value is -1.68. The number of aromatic amines is 1. The maximum Gasteiger partial charge on any atom is 0.157 e. The fourth-order valence-corrected chi connectivity index (χ4v) is 1.66. The van der Waals surface area contributed by atoms with Crippen molar-refractivity contribution in [2.75, 3.05) is 0 Å². The Balaban J connectivity index is 2.15. The van der Waals surface area contributed by atoms with Crippen LogP contribution in [0.5, 0.6) is 0 Å². The van der Waals surface area contributed by atoms with Gasteiger partial charge in [0.2, 0.25) is 0 Å². The van der Waals surface area contributed by atoms with Gasteiger partial charge in [-0.1, -0.05) is 37.6 Å². The van der Waals surface area contributed by atoms with Crippen molar-refractivity contribution in [1.29, 1.82) is 0 Å². The summed E-state index contributed by atoms with van der Waals surface area (Å²) in [6.07, 6.45) is 2.87. The molecule has 0 saturated carbocycles. The molecule has 0 aliphatic rings. The first kappa shape index (κ1) is 10.8. The minimum atomic E-state index is -0.724. The van der Waals surface area contributed by atoms with Gasteiger partial charge in [0.1, 0.15) is 12.4 Å². The minimum absolute atomic E-state index is 0.475. The molecule has 1 aromatic heterocycles. The molecule has 4 nitrogen and oxygen atoms in total. The number of nitrogens with zero attached hydrogens (tertiary/aromatic N) is 2. The highest BCUT2D eigenvalue weighted by atomic mass is 16.3. The molecule has 0 radical (unpaired) electrons. The number of benzene rings is 1. The summed E-state index contributed by atoms with van der Waals surface area (Å²) in [4.78, 5) is 3.93. The summed E-state index contributed by atoms with van der Waals surface area (Å²) in [7, 11) is 0. The molecule has 0 fully saturated rings. The summed E-state index contributed by atoms with van der Waals surface area (Å²) in [5.74, 6) is 0.475. The number of aryl methyl sites for hydroxylation is 1. The van der Waals surface area contributed by atoms with E-state index in [1.54, 1.807) is 0 Å². The predicted octanol–water partition coefficient (Wildman–Crippen LogP) is 1.84. The van der Waals surface area contributed by atoms with Crippen molar-refractivity contribution >= 4 is 0 Å². The Labute approximate surface area is 94.4 Å². The van der Waals surface area contributed by atoms with Crippen molar-refractivity contribution in [3.63, 3.8) is 0 Å². The molecule has 1 atom stereocenters. The fourth-order valence-electron chi connectivity index (χ4n) is 1.66. The lowest BCUT2D eigenvalue weighted by atomic mass is 10.0. The number of hydrogen-bond donors (Lipinski definition) is 2. The normalized spacial score (nSPS) is 12.6. The first-order valence-corrected chi connectivity index (χ1v) is 5.43. The number of H-pyrrole nitrogens is 1. The highest BCUT2D eigenvalue weighted by molar-refractivity contribution is 5.27. The molecular weight excluding hydrogens is 202 g/mol. The molecule has 0 saturated heterocycles. The second-order valence-corrected chi connectivity index (χ2v) is 3.76. The molecule has 16 heavy (non-hydrogen) atoms. The first-order valence-electron chi connectivity index (χ1n) is 5.43. The third kappa shape index (κ3) is 2.28. The van der Waals surface area contributed by atoms with Gasteiger partial charge in [0.05, 0.1) is 0 Å². The van der Waals surface area contributed by atoms with E-state index in [9.17, 15) is 5.11 Å². The van der Waals surface area contributed by atoms with Gasteiger partial charge in [-0.3, -0.25) is 5.10 Å². The van der Waals surface area contributed by atoms with Crippen molar-refractivity contribution in [3.8, 4) is 0 Å². The van der Waals surface area contributed by atoms with E-state index in [2.05, 4.69) is 22.1 Å². The SMILES string of the molecule is CCCc1ccc(C(O)c2ncn[nH]2)cc1. The van der Waals surface area contributed by atoms with Gasteiger partial charge in [0, 0.05) is 0 Å². The highest BCUT2D eigenvalue weighted by Crippen LogP contribution is 2.18. The monoisotopic (exact) mass is 217 g/mol. The van der Waals surface area contributed by atoms with E-state index in [-0.39, 0.29) is 0 Å². The van der Waals surface area contributed by atoms with Crippen LogP contribution in [0.3, 0.4) is 0 Å². The Kier molecular flexibility index (Phi) is 3.31. The molecular formula is C12H15N3O. The van der Waals surface area contributed by atoms with E-state index in [0.29, 0.717) is 5.82 Å². The van der Waals surface area contributed by atoms with Gasteiger partial charge in [-0.2, -0.15) is 5.10 Å². The first-order chi connectivity index (χ1) is 7.81. The molecule has 0 amide bonds. The number of aliphatic hydroxyl groups is 1. The van der Waals surface area contributed by atoms with Crippen molar-refractivity contribution < 1.29 is 5.11 Å². The van der Waals surface area contributed by atoms with Gasteiger partial charge >= 0.3 is 0 Å². The van der Waals surface area contributed by atoms with Gasteiger partial charge in [-0.15, -0.1) is 0 Å². The summed E-state index contributed by atoms with van der Waals surface area (Å²) >= 11 is 0. The number of hydrogen-bond acceptors (Lipinski definition) is 3. The molecule has 0 spiro atoms. The summed E-state index contributed by atoms with van der Waals surface area (Å²) in [5.41, 5.74) is 2.12. The summed E-state index contributed by atoms with van der Waals surface area (Å²) in [5, 5.41) is 16.4. The number of aliphatic hydroxyl groups excluding tert-OH is 1. The summed E-state index contributed by atoms with van der Waals surface area (Å²) < 4.78 is 0. The van der Waals surface area contributed by atoms with Gasteiger partial charge in [-0.25, -0.2) is 4.98 Å². The van der Waals surface area contributed by atoms with Crippen LogP contribution in [0.25, 0.3) is 0 Å².